The van der Waals surface area contributed by atoms with Gasteiger partial charge in [0.15, 0.2) is 32.5 Å². The minimum absolute atomic E-state index is 0.0604. The van der Waals surface area contributed by atoms with E-state index in [4.69, 9.17) is 29.0 Å². The second-order valence-electron chi connectivity index (χ2n) is 13.9. The molecule has 1 aliphatic rings. The Labute approximate surface area is 254 Å². The third-order valence-electron chi connectivity index (χ3n) is 8.84. The summed E-state index contributed by atoms with van der Waals surface area (Å²) in [6, 6.07) is 9.91. The molecule has 9 nitrogen and oxygen atoms in total. The van der Waals surface area contributed by atoms with Crippen LogP contribution in [0.1, 0.15) is 59.8 Å². The average molecular weight is 665 g/mol. The molecular weight excluding hydrogens is 618 g/mol. The molecule has 1 saturated heterocycles. The Bertz CT molecular complexity index is 1360. The molecule has 1 fully saturated rings. The number of nitrogen functional groups attached to an aromatic ring is 1. The van der Waals surface area contributed by atoms with Crippen molar-refractivity contribution in [1.82, 2.24) is 19.5 Å². The van der Waals surface area contributed by atoms with Crippen molar-refractivity contribution in [2.75, 3.05) is 12.3 Å². The SMILES string of the molecule is CC(C)(C)[Si](C)(C)OC[C@H]1O[C@@H](n2c(Br)nc3c(OCc4ccccc4)nc(N)nc32)C[C@H]1O[Si](C)(C)C(C)(C)C. The van der Waals surface area contributed by atoms with E-state index in [0.717, 1.165) is 5.56 Å². The van der Waals surface area contributed by atoms with Gasteiger partial charge in [0.2, 0.25) is 11.8 Å². The highest BCUT2D eigenvalue weighted by molar-refractivity contribution is 9.10. The van der Waals surface area contributed by atoms with Gasteiger partial charge in [-0.3, -0.25) is 4.57 Å². The normalized spacial score (nSPS) is 20.6. The fourth-order valence-electron chi connectivity index (χ4n) is 4.21. The van der Waals surface area contributed by atoms with Crippen molar-refractivity contribution in [2.45, 2.75) is 109 Å². The molecule has 0 aliphatic carbocycles. The first-order chi connectivity index (χ1) is 18.9. The minimum Gasteiger partial charge on any atom is -0.471 e. The summed E-state index contributed by atoms with van der Waals surface area (Å²) in [6.45, 7) is 23.4. The van der Waals surface area contributed by atoms with Gasteiger partial charge in [0.05, 0.1) is 12.7 Å². The Kier molecular flexibility index (Phi) is 9.14. The third kappa shape index (κ3) is 7.05. The zero-order chi connectivity index (χ0) is 30.4. The van der Waals surface area contributed by atoms with Crippen LogP contribution in [0.15, 0.2) is 35.1 Å². The summed E-state index contributed by atoms with van der Waals surface area (Å²) in [6.07, 6.45) is -0.122. The van der Waals surface area contributed by atoms with Crippen LogP contribution in [-0.4, -0.2) is 55.0 Å². The summed E-state index contributed by atoms with van der Waals surface area (Å²) >= 11 is 3.66. The maximum Gasteiger partial charge on any atom is 0.247 e. The van der Waals surface area contributed by atoms with Crippen molar-refractivity contribution in [3.63, 3.8) is 0 Å². The number of nitrogens with two attached hydrogens (primary N) is 1. The number of hydrogen-bond acceptors (Lipinski definition) is 8. The second kappa shape index (κ2) is 11.7. The zero-order valence-corrected chi connectivity index (χ0v) is 29.7. The summed E-state index contributed by atoms with van der Waals surface area (Å²) in [7, 11) is -4.09. The lowest BCUT2D eigenvalue weighted by Crippen LogP contribution is -2.48. The first-order valence-corrected chi connectivity index (χ1v) is 20.9. The second-order valence-corrected chi connectivity index (χ2v) is 24.2. The van der Waals surface area contributed by atoms with Crippen molar-refractivity contribution < 1.29 is 18.3 Å². The molecule has 0 saturated carbocycles. The molecule has 1 aliphatic heterocycles. The number of aromatic nitrogens is 4. The molecule has 3 heterocycles. The fraction of sp³-hybridized carbons (Fsp3) is 0.621. The molecule has 226 valence electrons. The molecule has 4 rings (SSSR count). The molecule has 0 spiro atoms. The molecule has 3 atom stereocenters. The van der Waals surface area contributed by atoms with Gasteiger partial charge in [0.1, 0.15) is 18.9 Å². The quantitative estimate of drug-likeness (QED) is 0.186. The minimum atomic E-state index is -2.09. The molecule has 1 aromatic carbocycles. The Balaban J connectivity index is 1.65. The number of fused-ring (bicyclic) bond motifs is 1. The predicted molar refractivity (Wildman–Crippen MR) is 172 cm³/mol. The number of ether oxygens (including phenoxy) is 2. The summed E-state index contributed by atoms with van der Waals surface area (Å²) in [5.41, 5.74) is 8.25. The molecule has 0 bridgehead atoms. The highest BCUT2D eigenvalue weighted by Crippen LogP contribution is 2.44. The maximum absolute atomic E-state index is 6.96. The van der Waals surface area contributed by atoms with E-state index in [-0.39, 0.29) is 34.5 Å². The molecule has 12 heteroatoms. The topological polar surface area (TPSA) is 107 Å². The van der Waals surface area contributed by atoms with Gasteiger partial charge < -0.3 is 24.1 Å². The standard InChI is InChI=1S/C29H46BrN5O4Si2/c1-28(2,3)40(7,8)37-18-21-20(39-41(9,10)29(4,5)6)16-22(38-21)35-24-23(32-26(35)30)25(34-27(31)33-24)36-17-19-14-12-11-13-15-19/h11-15,20-22H,16-18H2,1-10H3,(H2,31,33,34)/t20-,21-,22-/m1/s1. The van der Waals surface area contributed by atoms with E-state index < -0.39 is 16.6 Å². The first-order valence-electron chi connectivity index (χ1n) is 14.2. The van der Waals surface area contributed by atoms with E-state index >= 15 is 0 Å². The van der Waals surface area contributed by atoms with E-state index in [1.165, 1.54) is 0 Å². The molecule has 2 N–H and O–H groups in total. The van der Waals surface area contributed by atoms with Crippen LogP contribution < -0.4 is 10.5 Å². The highest BCUT2D eigenvalue weighted by Gasteiger charge is 2.47. The van der Waals surface area contributed by atoms with Crippen molar-refractivity contribution in [3.05, 3.63) is 40.6 Å². The maximum atomic E-state index is 6.96. The van der Waals surface area contributed by atoms with E-state index in [2.05, 4.69) is 93.6 Å². The van der Waals surface area contributed by atoms with Gasteiger partial charge in [0, 0.05) is 6.42 Å². The van der Waals surface area contributed by atoms with E-state index in [1.807, 2.05) is 34.9 Å². The molecule has 41 heavy (non-hydrogen) atoms. The molecule has 2 aromatic heterocycles. The predicted octanol–water partition coefficient (Wildman–Crippen LogP) is 7.45. The van der Waals surface area contributed by atoms with Gasteiger partial charge in [-0.05, 0) is 57.8 Å². The number of benzene rings is 1. The molecule has 0 unspecified atom stereocenters. The summed E-state index contributed by atoms with van der Waals surface area (Å²) in [5.74, 6) is 0.444. The van der Waals surface area contributed by atoms with Crippen molar-refractivity contribution in [2.24, 2.45) is 0 Å². The molecular formula is C29H46BrN5O4Si2. The van der Waals surface area contributed by atoms with Gasteiger partial charge in [0.25, 0.3) is 0 Å². The largest absolute Gasteiger partial charge is 0.471 e. The lowest BCUT2D eigenvalue weighted by atomic mass is 10.2. The summed E-state index contributed by atoms with van der Waals surface area (Å²) in [4.78, 5) is 13.6. The van der Waals surface area contributed by atoms with Crippen LogP contribution in [-0.2, 0) is 20.2 Å². The molecule has 0 radical (unpaired) electrons. The van der Waals surface area contributed by atoms with Crippen LogP contribution in [0.25, 0.3) is 11.2 Å². The van der Waals surface area contributed by atoms with Crippen LogP contribution in [0.4, 0.5) is 5.95 Å². The average Bonchev–Trinajstić information content (AvgIpc) is 3.39. The van der Waals surface area contributed by atoms with E-state index in [0.29, 0.717) is 41.4 Å². The number of hydrogen-bond donors (Lipinski definition) is 1. The first kappa shape index (κ1) is 32.1. The van der Waals surface area contributed by atoms with Crippen LogP contribution in [0.5, 0.6) is 5.88 Å². The smallest absolute Gasteiger partial charge is 0.247 e. The number of halogens is 1. The molecule has 0 amide bonds. The van der Waals surface area contributed by atoms with Crippen LogP contribution in [0.3, 0.4) is 0 Å². The lowest BCUT2D eigenvalue weighted by Gasteiger charge is -2.40. The number of rotatable bonds is 9. The van der Waals surface area contributed by atoms with E-state index in [9.17, 15) is 0 Å². The van der Waals surface area contributed by atoms with Gasteiger partial charge in [-0.25, -0.2) is 4.98 Å². The number of imidazole rings is 1. The molecule has 3 aromatic rings. The van der Waals surface area contributed by atoms with Crippen LogP contribution in [0.2, 0.25) is 36.3 Å². The summed E-state index contributed by atoms with van der Waals surface area (Å²) in [5, 5.41) is 0.153. The lowest BCUT2D eigenvalue weighted by molar-refractivity contribution is -0.0391. The van der Waals surface area contributed by atoms with Gasteiger partial charge in [-0.2, -0.15) is 9.97 Å². The monoisotopic (exact) mass is 663 g/mol. The van der Waals surface area contributed by atoms with Gasteiger partial charge in [-0.1, -0.05) is 71.9 Å². The number of anilines is 1. The van der Waals surface area contributed by atoms with Gasteiger partial charge in [-0.15, -0.1) is 0 Å². The number of nitrogens with zero attached hydrogens (tertiary/aromatic N) is 4. The Morgan fingerprint density at radius 1 is 0.976 bits per heavy atom. The summed E-state index contributed by atoms with van der Waals surface area (Å²) < 4.78 is 28.9. The Morgan fingerprint density at radius 2 is 1.61 bits per heavy atom. The third-order valence-corrected chi connectivity index (χ3v) is 18.4. The fourth-order valence-corrected chi connectivity index (χ4v) is 7.16. The van der Waals surface area contributed by atoms with E-state index in [1.54, 1.807) is 0 Å². The zero-order valence-electron chi connectivity index (χ0n) is 26.1. The van der Waals surface area contributed by atoms with Gasteiger partial charge >= 0.3 is 0 Å². The van der Waals surface area contributed by atoms with Crippen LogP contribution >= 0.6 is 15.9 Å². The Hall–Kier alpha value is -1.84. The van der Waals surface area contributed by atoms with Crippen molar-refractivity contribution >= 4 is 49.7 Å². The Morgan fingerprint density at radius 3 is 2.22 bits per heavy atom. The highest BCUT2D eigenvalue weighted by atomic mass is 79.9. The van der Waals surface area contributed by atoms with Crippen molar-refractivity contribution in [3.8, 4) is 5.88 Å². The van der Waals surface area contributed by atoms with Crippen molar-refractivity contribution in [1.29, 1.82) is 0 Å². The van der Waals surface area contributed by atoms with Crippen LogP contribution in [0, 0.1) is 0 Å².